The highest BCUT2D eigenvalue weighted by Gasteiger charge is 2.26. The molecule has 0 fully saturated rings. The Morgan fingerprint density at radius 2 is 0.677 bits per heavy atom. The van der Waals surface area contributed by atoms with E-state index < -0.39 is 72.2 Å². The Labute approximate surface area is 731 Å². The molecule has 26 N–H and O–H groups in total. The lowest BCUT2D eigenvalue weighted by Crippen LogP contribution is -2.43. The van der Waals surface area contributed by atoms with Crippen molar-refractivity contribution in [3.05, 3.63) is 38.0 Å². The molecule has 60 nitrogen and oxygen atoms in total. The molecule has 8 amide bonds. The highest BCUT2D eigenvalue weighted by molar-refractivity contribution is 6.00. The van der Waals surface area contributed by atoms with Gasteiger partial charge in [0.15, 0.2) is 90.9 Å². The van der Waals surface area contributed by atoms with Crippen molar-refractivity contribution in [3.63, 3.8) is 0 Å². The number of carbonyl (C=O) groups is 13. The van der Waals surface area contributed by atoms with E-state index in [2.05, 4.69) is 127 Å². The van der Waals surface area contributed by atoms with Gasteiger partial charge in [0.25, 0.3) is 0 Å². The van der Waals surface area contributed by atoms with Crippen LogP contribution < -0.4 is 77.8 Å². The average Bonchev–Trinajstić information content (AvgIpc) is 1.66. The summed E-state index contributed by atoms with van der Waals surface area (Å²) in [6.07, 6.45) is 6.91. The number of hydrogen-bond donors (Lipinski definition) is 18. The number of anilines is 12. The number of nitrogen functional groups attached to an aromatic ring is 8. The number of carboxylic acid groups (broad SMARTS) is 3. The molecule has 0 spiro atoms. The fourth-order valence-electron chi connectivity index (χ4n) is 10.7. The fourth-order valence-corrected chi connectivity index (χ4v) is 10.7. The molecule has 60 heteroatoms. The number of ether oxygens (including phenoxy) is 4. The van der Waals surface area contributed by atoms with Gasteiger partial charge in [0.05, 0.1) is 51.2 Å². The van der Waals surface area contributed by atoms with Crippen LogP contribution in [-0.2, 0) is 104 Å². The number of aromatic amines is 1. The molecule has 0 bridgehead atoms. The van der Waals surface area contributed by atoms with E-state index in [1.54, 1.807) is 55.4 Å². The predicted octanol–water partition coefficient (Wildman–Crippen LogP) is -1.94. The molecule has 0 aromatic carbocycles. The first kappa shape index (κ1) is 99.5. The zero-order chi connectivity index (χ0) is 96.3. The number of carbonyl (C=O) groups excluding carboxylic acids is 10. The first-order valence-electron chi connectivity index (χ1n) is 38.0. The third-order valence-electron chi connectivity index (χ3n) is 15.5. The third-order valence-corrected chi connectivity index (χ3v) is 15.5. The summed E-state index contributed by atoms with van der Waals surface area (Å²) >= 11 is 0. The van der Waals surface area contributed by atoms with Crippen molar-refractivity contribution in [1.29, 1.82) is 0 Å². The monoisotopic (exact) mass is 1810 g/mol. The molecule has 12 aromatic rings. The largest absolute Gasteiger partial charge is 0.480 e. The first-order chi connectivity index (χ1) is 61.1. The maximum Gasteiger partial charge on any atom is 0.407 e. The molecule has 0 saturated heterocycles. The number of alkyl carbamates (subject to hydrolysis) is 2. The van der Waals surface area contributed by atoms with E-state index in [4.69, 9.17) is 80.1 Å². The van der Waals surface area contributed by atoms with Crippen LogP contribution in [0.5, 0.6) is 0 Å². The molecular formula is C70H94N40O20. The van der Waals surface area contributed by atoms with Crippen molar-refractivity contribution < 1.29 is 96.6 Å². The topological polar surface area (TPSA) is 879 Å². The molecule has 0 saturated carbocycles. The smallest absolute Gasteiger partial charge is 0.407 e. The molecule has 0 atom stereocenters. The van der Waals surface area contributed by atoms with Crippen LogP contribution >= 0.6 is 0 Å². The predicted molar refractivity (Wildman–Crippen MR) is 459 cm³/mol. The SMILES string of the molecule is CC(=O)Nc1nc(N)nc2c1ncn2CC(=O)N(CCNC(=O)OC(C)(C)C)CC(=O)O.CC(=O)Nc1nc(N)nc2c1ncn2CC(=O)N(CCNC(=O)OC(C)(C)C)CC(=O)O.CC(=O)Nc1nc(N)nc2c1ncn2CC(=O)O.CCOC(=O)Cn1cnc2c(N)nc(N)nc21.CCOC(=O)Cn1cnc2c(NC(C)=O)nc(N)nc21.Nc1nc(N)c2[nH]cnc2n1. The number of nitrogens with two attached hydrogens (primary N) is 8. The number of H-pyrrole nitrogens is 1. The third kappa shape index (κ3) is 30.1. The highest BCUT2D eigenvalue weighted by Crippen LogP contribution is 2.25. The molecule has 0 aliphatic heterocycles. The minimum atomic E-state index is -1.22. The number of fused-ring (bicyclic) bond motifs is 6. The van der Waals surface area contributed by atoms with Gasteiger partial charge in [-0.3, -0.25) is 52.7 Å². The first-order valence-corrected chi connectivity index (χ1v) is 38.0. The van der Waals surface area contributed by atoms with Gasteiger partial charge in [0.1, 0.15) is 68.0 Å². The Kier molecular flexibility index (Phi) is 34.2. The van der Waals surface area contributed by atoms with Crippen LogP contribution in [0.25, 0.3) is 67.0 Å². The van der Waals surface area contributed by atoms with Crippen LogP contribution in [0.1, 0.15) is 83.1 Å². The lowest BCUT2D eigenvalue weighted by Gasteiger charge is -2.23. The zero-order valence-electron chi connectivity index (χ0n) is 71.7. The molecule has 130 heavy (non-hydrogen) atoms. The summed E-state index contributed by atoms with van der Waals surface area (Å²) < 4.78 is 26.9. The van der Waals surface area contributed by atoms with Gasteiger partial charge in [0, 0.05) is 53.9 Å². The van der Waals surface area contributed by atoms with Crippen molar-refractivity contribution >= 4 is 215 Å². The van der Waals surface area contributed by atoms with Gasteiger partial charge in [-0.15, -0.1) is 0 Å². The number of aromatic nitrogens is 24. The maximum absolute atomic E-state index is 12.8. The number of carboxylic acids is 3. The number of imidazole rings is 6. The number of nitrogens with zero attached hydrogens (tertiary/aromatic N) is 25. The van der Waals surface area contributed by atoms with Crippen molar-refractivity contribution in [2.75, 3.05) is 120 Å². The maximum atomic E-state index is 12.8. The number of hydrogen-bond acceptors (Lipinski definition) is 43. The molecule has 12 heterocycles. The normalized spacial score (nSPS) is 10.8. The number of aliphatic carboxylic acids is 3. The Morgan fingerprint density at radius 3 is 0.985 bits per heavy atom. The van der Waals surface area contributed by atoms with Crippen molar-refractivity contribution in [3.8, 4) is 0 Å². The summed E-state index contributed by atoms with van der Waals surface area (Å²) in [5.41, 5.74) is 47.1. The van der Waals surface area contributed by atoms with Crippen LogP contribution in [0, 0.1) is 0 Å². The second-order valence-corrected chi connectivity index (χ2v) is 28.5. The van der Waals surface area contributed by atoms with Crippen LogP contribution in [0.4, 0.5) is 80.2 Å². The van der Waals surface area contributed by atoms with Gasteiger partial charge >= 0.3 is 42.0 Å². The number of nitrogens with one attached hydrogen (secondary N) is 7. The second kappa shape index (κ2) is 44.6. The van der Waals surface area contributed by atoms with E-state index in [0.717, 1.165) is 9.80 Å². The van der Waals surface area contributed by atoms with E-state index in [9.17, 15) is 62.3 Å². The molecule has 12 rings (SSSR count). The Bertz CT molecular complexity index is 6020. The fraction of sp³-hybridized carbons (Fsp3) is 0.386. The lowest BCUT2D eigenvalue weighted by molar-refractivity contribution is -0.144. The Balaban J connectivity index is 0.000000220. The molecular weight excluding hydrogens is 1720 g/mol. The summed E-state index contributed by atoms with van der Waals surface area (Å²) in [6, 6.07) is 0. The number of esters is 2. The minimum Gasteiger partial charge on any atom is -0.480 e. The standard InChI is InChI=1S/2C18H26N8O6.C11H14N6O3.C9H10N6O3.C9H12N6O2.C5H6N6/c2*1-10(27)22-14-13-15(24-16(19)23-14)26(9-21-13)7-11(28)25(8-12(29)30)6-5-20-17(31)32-18(2,3)4;1-3-20-7(19)4-17-5-13-8-9(14-6(2)18)15-11(12)16-10(8)17;1-4(16)12-7-6-8(14-9(10)13-7)15(3-11-6)2-5(17)18;1-2-17-5(16)3-15-4-12-6-7(10)13-9(11)14-8(6)15;6-3-2-4(9-1-8-2)11-5(7)10-3/h2*9H,5-8H2,1-4H3,(H,20,31)(H,29,30)(H3,19,22,23,24,27);5H,3-4H2,1-2H3,(H3,12,14,15,16,18);3H,2H2,1H3,(H,17,18)(H3,10,12,13,14,16);4H,2-3H2,1H3,(H4,10,11,13,14);1H,(H5,6,7,8,9,10,11). The van der Waals surface area contributed by atoms with E-state index >= 15 is 0 Å². The summed E-state index contributed by atoms with van der Waals surface area (Å²) in [5.74, 6) is -5.90. The quantitative estimate of drug-likeness (QED) is 0.0207. The minimum absolute atomic E-state index is 0.0135. The van der Waals surface area contributed by atoms with Crippen molar-refractivity contribution in [1.82, 2.24) is 138 Å². The number of amides is 8. The summed E-state index contributed by atoms with van der Waals surface area (Å²) in [6.45, 7) is 17.3. The summed E-state index contributed by atoms with van der Waals surface area (Å²) in [7, 11) is 0. The Morgan fingerprint density at radius 1 is 0.385 bits per heavy atom. The summed E-state index contributed by atoms with van der Waals surface area (Å²) in [5, 5.41) is 41.9. The van der Waals surface area contributed by atoms with Gasteiger partial charge in [0.2, 0.25) is 71.1 Å². The van der Waals surface area contributed by atoms with Gasteiger partial charge in [-0.1, -0.05) is 0 Å². The molecule has 0 aliphatic carbocycles. The van der Waals surface area contributed by atoms with Gasteiger partial charge in [-0.2, -0.15) is 59.8 Å². The van der Waals surface area contributed by atoms with E-state index in [-0.39, 0.29) is 181 Å². The van der Waals surface area contributed by atoms with E-state index in [0.29, 0.717) is 58.0 Å². The molecule has 0 aliphatic rings. The van der Waals surface area contributed by atoms with Gasteiger partial charge in [-0.05, 0) is 55.4 Å². The second-order valence-electron chi connectivity index (χ2n) is 28.5. The Hall–Kier alpha value is -17.6. The van der Waals surface area contributed by atoms with Crippen molar-refractivity contribution in [2.24, 2.45) is 0 Å². The summed E-state index contributed by atoms with van der Waals surface area (Å²) in [4.78, 5) is 226. The van der Waals surface area contributed by atoms with Crippen LogP contribution in [0.2, 0.25) is 0 Å². The van der Waals surface area contributed by atoms with Crippen LogP contribution in [0.3, 0.4) is 0 Å². The number of rotatable bonds is 26. The highest BCUT2D eigenvalue weighted by atomic mass is 16.6. The van der Waals surface area contributed by atoms with E-state index in [1.807, 2.05) is 0 Å². The molecule has 0 unspecified atom stereocenters. The van der Waals surface area contributed by atoms with E-state index in [1.165, 1.54) is 88.5 Å². The lowest BCUT2D eigenvalue weighted by atomic mass is 10.2. The van der Waals surface area contributed by atoms with Gasteiger partial charge in [-0.25, -0.2) is 39.5 Å². The van der Waals surface area contributed by atoms with Crippen molar-refractivity contribution in [2.45, 2.75) is 127 Å². The molecule has 0 radical (unpaired) electrons. The average molecular weight is 1820 g/mol. The van der Waals surface area contributed by atoms with Gasteiger partial charge < -0.3 is 150 Å². The molecule has 694 valence electrons. The van der Waals surface area contributed by atoms with Crippen LogP contribution in [-0.4, -0.2) is 284 Å². The van der Waals surface area contributed by atoms with Crippen LogP contribution in [0.15, 0.2) is 38.0 Å². The molecule has 12 aromatic heterocycles. The zero-order valence-corrected chi connectivity index (χ0v) is 71.7.